The van der Waals surface area contributed by atoms with Crippen LogP contribution >= 0.6 is 0 Å². The summed E-state index contributed by atoms with van der Waals surface area (Å²) in [5.74, 6) is 1.69. The largest absolute Gasteiger partial charge is 0.493 e. The number of hydrogen-bond acceptors (Lipinski definition) is 3. The van der Waals surface area contributed by atoms with E-state index in [4.69, 9.17) is 9.47 Å². The standard InChI is InChI=1S/C17H27NO2/c1-3-4-11-20-16-10-9-14(12-17(16)19-2)13-18-15-7-5-6-8-15/h9-10,12,15,18H,3-8,11,13H2,1-2H3. The van der Waals surface area contributed by atoms with Gasteiger partial charge in [0.2, 0.25) is 0 Å². The second kappa shape index (κ2) is 8.15. The minimum absolute atomic E-state index is 0.696. The zero-order valence-electron chi connectivity index (χ0n) is 12.8. The fourth-order valence-corrected chi connectivity index (χ4v) is 2.66. The minimum Gasteiger partial charge on any atom is -0.493 e. The lowest BCUT2D eigenvalue weighted by Gasteiger charge is -2.14. The zero-order valence-corrected chi connectivity index (χ0v) is 12.8. The minimum atomic E-state index is 0.696. The Morgan fingerprint density at radius 1 is 1.20 bits per heavy atom. The number of ether oxygens (including phenoxy) is 2. The van der Waals surface area contributed by atoms with Gasteiger partial charge in [-0.3, -0.25) is 0 Å². The van der Waals surface area contributed by atoms with Gasteiger partial charge in [0.15, 0.2) is 11.5 Å². The average Bonchev–Trinajstić information content (AvgIpc) is 2.99. The fraction of sp³-hybridized carbons (Fsp3) is 0.647. The number of unbranched alkanes of at least 4 members (excludes halogenated alkanes) is 1. The Labute approximate surface area is 122 Å². The number of hydrogen-bond donors (Lipinski definition) is 1. The van der Waals surface area contributed by atoms with Crippen LogP contribution in [0.4, 0.5) is 0 Å². The topological polar surface area (TPSA) is 30.5 Å². The molecule has 0 aromatic heterocycles. The van der Waals surface area contributed by atoms with Gasteiger partial charge in [0.05, 0.1) is 13.7 Å². The van der Waals surface area contributed by atoms with Gasteiger partial charge in [-0.15, -0.1) is 0 Å². The summed E-state index contributed by atoms with van der Waals surface area (Å²) in [7, 11) is 1.70. The van der Waals surface area contributed by atoms with Crippen LogP contribution < -0.4 is 14.8 Å². The molecule has 1 aromatic rings. The van der Waals surface area contributed by atoms with Crippen molar-refractivity contribution in [2.24, 2.45) is 0 Å². The van der Waals surface area contributed by atoms with Crippen LogP contribution in [-0.2, 0) is 6.54 Å². The first kappa shape index (κ1) is 15.2. The van der Waals surface area contributed by atoms with Gasteiger partial charge in [0.25, 0.3) is 0 Å². The second-order valence-corrected chi connectivity index (χ2v) is 5.55. The summed E-state index contributed by atoms with van der Waals surface area (Å²) in [5, 5.41) is 3.62. The van der Waals surface area contributed by atoms with E-state index in [1.165, 1.54) is 31.2 Å². The van der Waals surface area contributed by atoms with Crippen molar-refractivity contribution in [1.29, 1.82) is 0 Å². The molecule has 1 fully saturated rings. The average molecular weight is 277 g/mol. The molecule has 0 spiro atoms. The van der Waals surface area contributed by atoms with E-state index in [0.717, 1.165) is 37.5 Å². The molecule has 3 nitrogen and oxygen atoms in total. The van der Waals surface area contributed by atoms with Gasteiger partial charge in [-0.1, -0.05) is 32.3 Å². The predicted octanol–water partition coefficient (Wildman–Crippen LogP) is 3.91. The molecule has 0 saturated heterocycles. The van der Waals surface area contributed by atoms with Gasteiger partial charge in [0.1, 0.15) is 0 Å². The van der Waals surface area contributed by atoms with Crippen molar-refractivity contribution in [2.75, 3.05) is 13.7 Å². The molecule has 1 N–H and O–H groups in total. The second-order valence-electron chi connectivity index (χ2n) is 5.55. The highest BCUT2D eigenvalue weighted by Crippen LogP contribution is 2.28. The lowest BCUT2D eigenvalue weighted by Crippen LogP contribution is -2.25. The molecule has 0 amide bonds. The lowest BCUT2D eigenvalue weighted by molar-refractivity contribution is 0.288. The molecule has 1 saturated carbocycles. The number of nitrogens with one attached hydrogen (secondary N) is 1. The predicted molar refractivity (Wildman–Crippen MR) is 82.5 cm³/mol. The molecule has 1 aromatic carbocycles. The molecule has 0 bridgehead atoms. The smallest absolute Gasteiger partial charge is 0.161 e. The van der Waals surface area contributed by atoms with E-state index in [9.17, 15) is 0 Å². The van der Waals surface area contributed by atoms with Crippen LogP contribution in [0.15, 0.2) is 18.2 Å². The van der Waals surface area contributed by atoms with E-state index in [2.05, 4.69) is 24.4 Å². The van der Waals surface area contributed by atoms with Crippen molar-refractivity contribution < 1.29 is 9.47 Å². The van der Waals surface area contributed by atoms with E-state index in [-0.39, 0.29) is 0 Å². The lowest BCUT2D eigenvalue weighted by atomic mass is 10.1. The van der Waals surface area contributed by atoms with E-state index < -0.39 is 0 Å². The maximum absolute atomic E-state index is 5.76. The quantitative estimate of drug-likeness (QED) is 0.731. The summed E-state index contributed by atoms with van der Waals surface area (Å²) >= 11 is 0. The van der Waals surface area contributed by atoms with Crippen molar-refractivity contribution >= 4 is 0 Å². The third-order valence-electron chi connectivity index (χ3n) is 3.93. The Morgan fingerprint density at radius 2 is 2.00 bits per heavy atom. The molecule has 20 heavy (non-hydrogen) atoms. The SMILES string of the molecule is CCCCOc1ccc(CNC2CCCC2)cc1OC. The van der Waals surface area contributed by atoms with Gasteiger partial charge in [-0.05, 0) is 37.0 Å². The summed E-state index contributed by atoms with van der Waals surface area (Å²) in [6, 6.07) is 6.94. The van der Waals surface area contributed by atoms with Gasteiger partial charge < -0.3 is 14.8 Å². The number of rotatable bonds is 8. The van der Waals surface area contributed by atoms with Crippen LogP contribution in [-0.4, -0.2) is 19.8 Å². The molecule has 0 unspecified atom stereocenters. The summed E-state index contributed by atoms with van der Waals surface area (Å²) in [5.41, 5.74) is 1.26. The fourth-order valence-electron chi connectivity index (χ4n) is 2.66. The molecule has 1 aliphatic rings. The van der Waals surface area contributed by atoms with Crippen LogP contribution in [0, 0.1) is 0 Å². The number of methoxy groups -OCH3 is 1. The summed E-state index contributed by atoms with van der Waals surface area (Å²) in [4.78, 5) is 0. The van der Waals surface area contributed by atoms with E-state index in [0.29, 0.717) is 6.04 Å². The molecular formula is C17H27NO2. The van der Waals surface area contributed by atoms with Crippen LogP contribution in [0.3, 0.4) is 0 Å². The van der Waals surface area contributed by atoms with Crippen molar-refractivity contribution in [3.05, 3.63) is 23.8 Å². The van der Waals surface area contributed by atoms with Crippen LogP contribution in [0.2, 0.25) is 0 Å². The maximum Gasteiger partial charge on any atom is 0.161 e. The van der Waals surface area contributed by atoms with Gasteiger partial charge in [0, 0.05) is 12.6 Å². The van der Waals surface area contributed by atoms with Crippen LogP contribution in [0.5, 0.6) is 11.5 Å². The Bertz CT molecular complexity index is 400. The first-order valence-corrected chi connectivity index (χ1v) is 7.86. The van der Waals surface area contributed by atoms with E-state index in [1.54, 1.807) is 7.11 Å². The molecule has 1 aliphatic carbocycles. The first-order chi connectivity index (χ1) is 9.83. The van der Waals surface area contributed by atoms with Gasteiger partial charge in [-0.25, -0.2) is 0 Å². The summed E-state index contributed by atoms with van der Waals surface area (Å²) < 4.78 is 11.2. The van der Waals surface area contributed by atoms with Crippen LogP contribution in [0.1, 0.15) is 51.0 Å². The first-order valence-electron chi connectivity index (χ1n) is 7.86. The van der Waals surface area contributed by atoms with Gasteiger partial charge >= 0.3 is 0 Å². The molecule has 112 valence electrons. The molecule has 0 aliphatic heterocycles. The molecular weight excluding hydrogens is 250 g/mol. The molecule has 2 rings (SSSR count). The highest BCUT2D eigenvalue weighted by molar-refractivity contribution is 5.42. The zero-order chi connectivity index (χ0) is 14.2. The molecule has 0 atom stereocenters. The third-order valence-corrected chi connectivity index (χ3v) is 3.93. The molecule has 0 heterocycles. The van der Waals surface area contributed by atoms with E-state index >= 15 is 0 Å². The highest BCUT2D eigenvalue weighted by atomic mass is 16.5. The van der Waals surface area contributed by atoms with Crippen LogP contribution in [0.25, 0.3) is 0 Å². The van der Waals surface area contributed by atoms with E-state index in [1.807, 2.05) is 6.07 Å². The van der Waals surface area contributed by atoms with Crippen molar-refractivity contribution in [2.45, 2.75) is 58.0 Å². The Hall–Kier alpha value is -1.22. The summed E-state index contributed by atoms with van der Waals surface area (Å²) in [6.07, 6.45) is 7.58. The van der Waals surface area contributed by atoms with Gasteiger partial charge in [-0.2, -0.15) is 0 Å². The third kappa shape index (κ3) is 4.41. The normalized spacial score (nSPS) is 15.5. The summed E-state index contributed by atoms with van der Waals surface area (Å²) in [6.45, 7) is 3.83. The monoisotopic (exact) mass is 277 g/mol. The Kier molecular flexibility index (Phi) is 6.19. The Morgan fingerprint density at radius 3 is 2.70 bits per heavy atom. The highest BCUT2D eigenvalue weighted by Gasteiger charge is 2.14. The molecule has 0 radical (unpaired) electrons. The Balaban J connectivity index is 1.89. The molecule has 3 heteroatoms. The van der Waals surface area contributed by atoms with Crippen molar-refractivity contribution in [3.63, 3.8) is 0 Å². The number of benzene rings is 1. The van der Waals surface area contributed by atoms with Crippen molar-refractivity contribution in [3.8, 4) is 11.5 Å². The van der Waals surface area contributed by atoms with Crippen molar-refractivity contribution in [1.82, 2.24) is 5.32 Å². The maximum atomic E-state index is 5.76.